The summed E-state index contributed by atoms with van der Waals surface area (Å²) in [7, 11) is 0. The van der Waals surface area contributed by atoms with Crippen LogP contribution in [0.5, 0.6) is 0 Å². The predicted molar refractivity (Wildman–Crippen MR) is 211 cm³/mol. The van der Waals surface area contributed by atoms with Crippen LogP contribution >= 0.6 is 0 Å². The zero-order valence-electron chi connectivity index (χ0n) is 30.5. The maximum Gasteiger partial charge on any atom is 0.0415 e. The smallest absolute Gasteiger partial charge is 0.0415 e. The normalized spacial score (nSPS) is 9.88. The Morgan fingerprint density at radius 2 is 0.580 bits per heavy atom. The molecule has 4 aromatic carbocycles. The number of rotatable bonds is 18. The summed E-state index contributed by atoms with van der Waals surface area (Å²) < 4.78 is 0. The Labute approximate surface area is 305 Å². The first kappa shape index (κ1) is 37.8. The number of aryl methyl sites for hydroxylation is 2. The van der Waals surface area contributed by atoms with E-state index >= 15 is 0 Å². The van der Waals surface area contributed by atoms with Crippen molar-refractivity contribution in [1.82, 2.24) is 0 Å². The van der Waals surface area contributed by atoms with Crippen molar-refractivity contribution >= 4 is 32.3 Å². The van der Waals surface area contributed by atoms with E-state index in [2.05, 4.69) is 98.8 Å². The monoisotopic (exact) mass is 652 g/mol. The third kappa shape index (κ3) is 13.9. The van der Waals surface area contributed by atoms with Crippen molar-refractivity contribution < 1.29 is 0 Å². The minimum atomic E-state index is 0.842. The van der Waals surface area contributed by atoms with Crippen LogP contribution in [-0.4, -0.2) is 0 Å². The first-order valence-electron chi connectivity index (χ1n) is 19.2. The number of unbranched alkanes of at least 4 members (excludes halogenated alkanes) is 14. The van der Waals surface area contributed by atoms with Gasteiger partial charge < -0.3 is 0 Å². The molecule has 4 rings (SSSR count). The zero-order chi connectivity index (χ0) is 34.9. The van der Waals surface area contributed by atoms with Crippen LogP contribution in [0.3, 0.4) is 0 Å². The van der Waals surface area contributed by atoms with Gasteiger partial charge in [-0.05, 0) is 110 Å². The van der Waals surface area contributed by atoms with Gasteiger partial charge in [-0.2, -0.15) is 0 Å². The molecule has 0 nitrogen and oxygen atoms in total. The summed E-state index contributed by atoms with van der Waals surface area (Å²) in [5.74, 6) is 0. The average molecular weight is 653 g/mol. The number of fused-ring (bicyclic) bond motifs is 3. The summed E-state index contributed by atoms with van der Waals surface area (Å²) in [5, 5.41) is 5.25. The van der Waals surface area contributed by atoms with Crippen LogP contribution in [0.1, 0.15) is 128 Å². The van der Waals surface area contributed by atoms with Gasteiger partial charge in [-0.15, -0.1) is 0 Å². The second-order valence-corrected chi connectivity index (χ2v) is 13.2. The third-order valence-electron chi connectivity index (χ3n) is 9.16. The topological polar surface area (TPSA) is 0 Å². The van der Waals surface area contributed by atoms with Gasteiger partial charge in [0.2, 0.25) is 0 Å². The van der Waals surface area contributed by atoms with E-state index in [1.165, 1.54) is 114 Å². The summed E-state index contributed by atoms with van der Waals surface area (Å²) in [5.41, 5.74) is 2.84. The Kier molecular flexibility index (Phi) is 17.7. The van der Waals surface area contributed by atoms with E-state index in [9.17, 15) is 0 Å². The SMILES string of the molecule is CCCCCCCCCCc1cc2c#cc#cc3ccccc3c#cc#cc3ccccc3c#cc#cc2cc1CCCCCCCCCC. The van der Waals surface area contributed by atoms with E-state index < -0.39 is 0 Å². The van der Waals surface area contributed by atoms with Gasteiger partial charge in [0.1, 0.15) is 0 Å². The highest BCUT2D eigenvalue weighted by atomic mass is 14.1. The van der Waals surface area contributed by atoms with Crippen molar-refractivity contribution in [2.45, 2.75) is 129 Å². The van der Waals surface area contributed by atoms with Crippen LogP contribution in [0.25, 0.3) is 32.3 Å². The molecule has 50 heavy (non-hydrogen) atoms. The van der Waals surface area contributed by atoms with Gasteiger partial charge in [0.05, 0.1) is 0 Å². The van der Waals surface area contributed by atoms with Crippen LogP contribution in [0.4, 0.5) is 0 Å². The molecule has 0 heterocycles. The fraction of sp³-hybridized carbons (Fsp3) is 0.400. The summed E-state index contributed by atoms with van der Waals surface area (Å²) >= 11 is 0. The molecule has 0 aliphatic heterocycles. The van der Waals surface area contributed by atoms with Gasteiger partial charge in [-0.1, -0.05) is 164 Å². The highest BCUT2D eigenvalue weighted by Gasteiger charge is 2.06. The Balaban J connectivity index is 1.70. The average Bonchev–Trinajstić information content (AvgIpc) is 3.14. The highest BCUT2D eigenvalue weighted by molar-refractivity contribution is 5.81. The van der Waals surface area contributed by atoms with Crippen molar-refractivity contribution in [2.24, 2.45) is 0 Å². The maximum atomic E-state index is 3.38. The van der Waals surface area contributed by atoms with Gasteiger partial charge in [-0.25, -0.2) is 0 Å². The molecule has 4 aromatic rings. The second-order valence-electron chi connectivity index (χ2n) is 13.2. The lowest BCUT2D eigenvalue weighted by atomic mass is 9.94. The van der Waals surface area contributed by atoms with E-state index in [0.717, 1.165) is 45.2 Å². The molecule has 0 amide bonds. The summed E-state index contributed by atoms with van der Waals surface area (Å²) in [4.78, 5) is 0. The highest BCUT2D eigenvalue weighted by Crippen LogP contribution is 2.22. The molecule has 0 unspecified atom stereocenters. The lowest BCUT2D eigenvalue weighted by molar-refractivity contribution is 0.571. The zero-order valence-corrected chi connectivity index (χ0v) is 30.5. The Morgan fingerprint density at radius 1 is 0.320 bits per heavy atom. The molecule has 0 aromatic heterocycles. The molecule has 252 valence electrons. The van der Waals surface area contributed by atoms with Gasteiger partial charge in [0, 0.05) is 32.3 Å². The van der Waals surface area contributed by atoms with E-state index in [0.29, 0.717) is 0 Å². The second kappa shape index (κ2) is 23.4. The van der Waals surface area contributed by atoms with Crippen LogP contribution in [0.15, 0.2) is 60.7 Å². The molecule has 0 aliphatic carbocycles. The molecule has 0 saturated heterocycles. The Hall–Kier alpha value is -4.98. The minimum absolute atomic E-state index is 0.842. The molecule has 0 aliphatic rings. The van der Waals surface area contributed by atoms with Crippen molar-refractivity contribution in [3.05, 3.63) is 145 Å². The lowest BCUT2D eigenvalue weighted by Gasteiger charge is -2.11. The van der Waals surface area contributed by atoms with Crippen molar-refractivity contribution in [2.75, 3.05) is 0 Å². The quantitative estimate of drug-likeness (QED) is 0.0938. The minimum Gasteiger partial charge on any atom is -0.0654 e. The van der Waals surface area contributed by atoms with Crippen molar-refractivity contribution in [3.8, 4) is 0 Å². The number of hydrogen-bond donors (Lipinski definition) is 0. The molecule has 0 fully saturated rings. The maximum absolute atomic E-state index is 3.38. The summed E-state index contributed by atoms with van der Waals surface area (Å²) in [6.45, 7) is 4.57. The van der Waals surface area contributed by atoms with Crippen LogP contribution in [-0.2, 0) is 12.8 Å². The standard InChI is InChI=1S/C50H52/c1-3-5-7-9-11-13-15-17-37-47-41-49-39-27-25-35-45-33-23-21-31-43(45)29-19-20-30-44-32-22-24-34-46(44)36-26-28-40-50(49)42-48(47)38-18-16-14-12-10-8-6-4-2/h21-24,31-34,41-42H,3-18,37-38H2,1-2H3. The molecular formula is C50H52. The van der Waals surface area contributed by atoms with Crippen molar-refractivity contribution in [1.29, 1.82) is 0 Å². The molecule has 0 saturated carbocycles. The van der Waals surface area contributed by atoms with E-state index in [1.807, 2.05) is 48.5 Å². The fourth-order valence-electron chi connectivity index (χ4n) is 6.25. The fourth-order valence-corrected chi connectivity index (χ4v) is 6.25. The first-order chi connectivity index (χ1) is 24.8. The summed E-state index contributed by atoms with van der Waals surface area (Å²) in [6.07, 6.45) is 23.3. The van der Waals surface area contributed by atoms with Gasteiger partial charge in [-0.3, -0.25) is 0 Å². The van der Waals surface area contributed by atoms with Gasteiger partial charge in [0.15, 0.2) is 0 Å². The predicted octanol–water partition coefficient (Wildman–Crippen LogP) is 13.5. The molecule has 0 N–H and O–H groups in total. The van der Waals surface area contributed by atoms with E-state index in [4.69, 9.17) is 0 Å². The number of benzene rings is 3. The Bertz CT molecular complexity index is 1610. The summed E-state index contributed by atoms with van der Waals surface area (Å²) in [6, 6.07) is 58.4. The molecule has 0 radical (unpaired) electrons. The lowest BCUT2D eigenvalue weighted by Crippen LogP contribution is -1.96. The van der Waals surface area contributed by atoms with Crippen LogP contribution < -0.4 is 0 Å². The first-order valence-corrected chi connectivity index (χ1v) is 19.2. The third-order valence-corrected chi connectivity index (χ3v) is 9.16. The van der Waals surface area contributed by atoms with E-state index in [-0.39, 0.29) is 0 Å². The largest absolute Gasteiger partial charge is 0.0654 e. The van der Waals surface area contributed by atoms with Gasteiger partial charge >= 0.3 is 0 Å². The van der Waals surface area contributed by atoms with E-state index in [1.54, 1.807) is 0 Å². The molecule has 0 atom stereocenters. The van der Waals surface area contributed by atoms with Crippen molar-refractivity contribution in [3.63, 3.8) is 0 Å². The van der Waals surface area contributed by atoms with Gasteiger partial charge in [0.25, 0.3) is 0 Å². The van der Waals surface area contributed by atoms with Crippen LogP contribution in [0, 0.1) is 72.8 Å². The molecule has 0 bridgehead atoms. The number of hydrogen-bond acceptors (Lipinski definition) is 0. The van der Waals surface area contributed by atoms with Crippen LogP contribution in [0.2, 0.25) is 0 Å². The molecule has 0 spiro atoms. The Morgan fingerprint density at radius 3 is 0.880 bits per heavy atom. The molecular weight excluding hydrogens is 601 g/mol. The molecule has 0 heteroatoms.